The van der Waals surface area contributed by atoms with E-state index in [1.165, 1.54) is 24.2 Å². The fourth-order valence-corrected chi connectivity index (χ4v) is 3.65. The zero-order valence-electron chi connectivity index (χ0n) is 16.7. The topological polar surface area (TPSA) is 37.4 Å². The molecular weight excluding hydrogens is 297 g/mol. The molecule has 1 aliphatic heterocycles. The van der Waals surface area contributed by atoms with E-state index in [0.717, 1.165) is 25.7 Å². The van der Waals surface area contributed by atoms with Crippen molar-refractivity contribution in [3.05, 3.63) is 0 Å². The van der Waals surface area contributed by atoms with Gasteiger partial charge in [0.15, 0.2) is 0 Å². The minimum atomic E-state index is -0.672. The van der Waals surface area contributed by atoms with Gasteiger partial charge in [-0.25, -0.2) is 0 Å². The van der Waals surface area contributed by atoms with E-state index in [4.69, 9.17) is 7.85 Å². The molecule has 0 saturated carbocycles. The summed E-state index contributed by atoms with van der Waals surface area (Å²) >= 11 is 0. The van der Waals surface area contributed by atoms with Gasteiger partial charge >= 0.3 is 0 Å². The predicted molar refractivity (Wildman–Crippen MR) is 101 cm³/mol. The summed E-state index contributed by atoms with van der Waals surface area (Å²) in [4.78, 5) is 27.2. The molecule has 2 radical (unpaired) electrons. The first kappa shape index (κ1) is 21.2. The number of rotatable bonds is 10. The summed E-state index contributed by atoms with van der Waals surface area (Å²) in [6.07, 6.45) is 8.33. The molecule has 0 aromatic heterocycles. The van der Waals surface area contributed by atoms with Crippen molar-refractivity contribution in [1.82, 2.24) is 4.90 Å². The van der Waals surface area contributed by atoms with Crippen LogP contribution in [0.2, 0.25) is 5.31 Å². The number of nitrogens with zero attached hydrogens (tertiary/aromatic N) is 1. The highest BCUT2D eigenvalue weighted by Crippen LogP contribution is 2.44. The van der Waals surface area contributed by atoms with Crippen LogP contribution in [0.1, 0.15) is 92.9 Å². The van der Waals surface area contributed by atoms with Crippen LogP contribution in [0.4, 0.5) is 0 Å². The van der Waals surface area contributed by atoms with E-state index in [9.17, 15) is 9.59 Å². The van der Waals surface area contributed by atoms with Gasteiger partial charge in [-0.15, -0.1) is 0 Å². The SMILES string of the molecule is [B]C(C)(C)C(C)(C)N1C(=O)CC(C(CCC)CCCCCC)C1=O. The van der Waals surface area contributed by atoms with Crippen molar-refractivity contribution in [2.45, 2.75) is 104 Å². The maximum absolute atomic E-state index is 13.1. The Morgan fingerprint density at radius 3 is 2.17 bits per heavy atom. The summed E-state index contributed by atoms with van der Waals surface area (Å²) in [6.45, 7) is 11.9. The monoisotopic (exact) mass is 333 g/mol. The van der Waals surface area contributed by atoms with Gasteiger partial charge in [0, 0.05) is 12.0 Å². The molecule has 1 fully saturated rings. The first-order valence-electron chi connectivity index (χ1n) is 9.73. The van der Waals surface area contributed by atoms with Crippen molar-refractivity contribution in [1.29, 1.82) is 0 Å². The molecule has 1 rings (SSSR count). The number of imide groups is 1. The van der Waals surface area contributed by atoms with Crippen LogP contribution in [-0.2, 0) is 9.59 Å². The molecule has 0 spiro atoms. The molecule has 0 aliphatic carbocycles. The predicted octanol–water partition coefficient (Wildman–Crippen LogP) is 4.89. The molecule has 2 unspecified atom stereocenters. The van der Waals surface area contributed by atoms with Crippen molar-refractivity contribution >= 4 is 19.7 Å². The quantitative estimate of drug-likeness (QED) is 0.324. The van der Waals surface area contributed by atoms with Crippen LogP contribution in [0.25, 0.3) is 0 Å². The Hall–Kier alpha value is -0.795. The van der Waals surface area contributed by atoms with Gasteiger partial charge in [-0.3, -0.25) is 14.5 Å². The molecule has 0 N–H and O–H groups in total. The number of carbonyl (C=O) groups is 2. The minimum Gasteiger partial charge on any atom is -0.277 e. The van der Waals surface area contributed by atoms with Gasteiger partial charge in [-0.05, 0) is 37.9 Å². The summed E-state index contributed by atoms with van der Waals surface area (Å²) in [5.74, 6) is 0.117. The Morgan fingerprint density at radius 2 is 1.67 bits per heavy atom. The van der Waals surface area contributed by atoms with E-state index < -0.39 is 10.9 Å². The summed E-state index contributed by atoms with van der Waals surface area (Å²) in [5.41, 5.74) is -0.672. The van der Waals surface area contributed by atoms with Crippen LogP contribution < -0.4 is 0 Å². The fourth-order valence-electron chi connectivity index (χ4n) is 3.65. The van der Waals surface area contributed by atoms with E-state index >= 15 is 0 Å². The van der Waals surface area contributed by atoms with E-state index in [2.05, 4.69) is 13.8 Å². The molecule has 0 aromatic carbocycles. The first-order valence-corrected chi connectivity index (χ1v) is 9.73. The van der Waals surface area contributed by atoms with E-state index in [0.29, 0.717) is 12.3 Å². The summed E-state index contributed by atoms with van der Waals surface area (Å²) in [7, 11) is 6.27. The number of hydrogen-bond donors (Lipinski definition) is 0. The number of amides is 2. The maximum atomic E-state index is 13.1. The van der Waals surface area contributed by atoms with Gasteiger partial charge in [0.1, 0.15) is 0 Å². The van der Waals surface area contributed by atoms with Gasteiger partial charge in [0.25, 0.3) is 0 Å². The second-order valence-electron chi connectivity index (χ2n) is 8.56. The van der Waals surface area contributed by atoms with Crippen LogP contribution in [0, 0.1) is 11.8 Å². The number of likely N-dealkylation sites (tertiary alicyclic amines) is 1. The number of unbranched alkanes of at least 4 members (excludes halogenated alkanes) is 3. The molecule has 2 amide bonds. The van der Waals surface area contributed by atoms with Crippen LogP contribution in [0.5, 0.6) is 0 Å². The molecule has 1 aliphatic rings. The largest absolute Gasteiger partial charge is 0.277 e. The van der Waals surface area contributed by atoms with Crippen molar-refractivity contribution in [3.8, 4) is 0 Å². The standard InChI is InChI=1S/C20H36BNO2/c1-7-9-10-11-13-15(12-8-2)16-14-17(23)22(18(16)24)20(5,6)19(3,4)21/h15-16H,7-14H2,1-6H3. The number of hydrogen-bond acceptors (Lipinski definition) is 2. The second-order valence-corrected chi connectivity index (χ2v) is 8.56. The Labute approximate surface area is 150 Å². The van der Waals surface area contributed by atoms with Gasteiger partial charge < -0.3 is 0 Å². The van der Waals surface area contributed by atoms with E-state index in [1.54, 1.807) is 0 Å². The molecule has 136 valence electrons. The van der Waals surface area contributed by atoms with Gasteiger partial charge in [0.05, 0.1) is 13.8 Å². The van der Waals surface area contributed by atoms with Crippen LogP contribution >= 0.6 is 0 Å². The Bertz CT molecular complexity index is 439. The van der Waals surface area contributed by atoms with Crippen LogP contribution in [-0.4, -0.2) is 30.1 Å². The molecule has 1 saturated heterocycles. The fraction of sp³-hybridized carbons (Fsp3) is 0.900. The molecular formula is C20H36BNO2. The van der Waals surface area contributed by atoms with Crippen LogP contribution in [0.15, 0.2) is 0 Å². The summed E-state index contributed by atoms with van der Waals surface area (Å²) < 4.78 is 0. The average molecular weight is 333 g/mol. The molecule has 0 aromatic rings. The molecule has 24 heavy (non-hydrogen) atoms. The van der Waals surface area contributed by atoms with Gasteiger partial charge in [-0.1, -0.05) is 59.8 Å². The Balaban J connectivity index is 2.89. The summed E-state index contributed by atoms with van der Waals surface area (Å²) in [5, 5.41) is -0.630. The highest BCUT2D eigenvalue weighted by Gasteiger charge is 2.51. The average Bonchev–Trinajstić information content (AvgIpc) is 2.76. The van der Waals surface area contributed by atoms with Gasteiger partial charge in [-0.2, -0.15) is 0 Å². The lowest BCUT2D eigenvalue weighted by atomic mass is 9.59. The van der Waals surface area contributed by atoms with Gasteiger partial charge in [0.2, 0.25) is 11.8 Å². The zero-order valence-corrected chi connectivity index (χ0v) is 16.7. The highest BCUT2D eigenvalue weighted by atomic mass is 16.2. The normalized spacial score (nSPS) is 20.8. The van der Waals surface area contributed by atoms with Crippen molar-refractivity contribution in [2.75, 3.05) is 0 Å². The minimum absolute atomic E-state index is 0.00235. The lowest BCUT2D eigenvalue weighted by Crippen LogP contribution is -2.54. The van der Waals surface area contributed by atoms with E-state index in [1.807, 2.05) is 27.7 Å². The number of carbonyl (C=O) groups excluding carboxylic acids is 2. The molecule has 1 heterocycles. The molecule has 2 atom stereocenters. The summed E-state index contributed by atoms with van der Waals surface area (Å²) in [6, 6.07) is 0. The van der Waals surface area contributed by atoms with Crippen molar-refractivity contribution in [2.24, 2.45) is 11.8 Å². The molecule has 0 bridgehead atoms. The van der Waals surface area contributed by atoms with Crippen LogP contribution in [0.3, 0.4) is 0 Å². The zero-order chi connectivity index (χ0) is 18.5. The Kier molecular flexibility index (Phi) is 7.56. The first-order chi connectivity index (χ1) is 11.1. The highest BCUT2D eigenvalue weighted by molar-refractivity contribution is 6.16. The third-order valence-corrected chi connectivity index (χ3v) is 5.97. The third kappa shape index (κ3) is 4.64. The van der Waals surface area contributed by atoms with E-state index in [-0.39, 0.29) is 17.7 Å². The Morgan fingerprint density at radius 1 is 1.04 bits per heavy atom. The lowest BCUT2D eigenvalue weighted by Gasteiger charge is -2.45. The smallest absolute Gasteiger partial charge is 0.233 e. The molecule has 4 heteroatoms. The van der Waals surface area contributed by atoms with Crippen molar-refractivity contribution in [3.63, 3.8) is 0 Å². The lowest BCUT2D eigenvalue weighted by molar-refractivity contribution is -0.147. The molecule has 3 nitrogen and oxygen atoms in total. The second kappa shape index (κ2) is 8.53. The third-order valence-electron chi connectivity index (χ3n) is 5.97. The van der Waals surface area contributed by atoms with Crippen molar-refractivity contribution < 1.29 is 9.59 Å². The maximum Gasteiger partial charge on any atom is 0.233 e.